The third-order valence-electron chi connectivity index (χ3n) is 11.4. The average molecular weight is 919 g/mol. The molecule has 20 atom stereocenters. The lowest BCUT2D eigenvalue weighted by molar-refractivity contribution is -0.400. The summed E-state index contributed by atoms with van der Waals surface area (Å²) in [6.07, 6.45) is -38.2. The molecule has 0 radical (unpaired) electrons. The van der Waals surface area contributed by atoms with Crippen LogP contribution >= 0.6 is 0 Å². The molecule has 0 aliphatic carbocycles. The first-order valence-electron chi connectivity index (χ1n) is 19.9. The van der Waals surface area contributed by atoms with E-state index in [9.17, 15) is 81.4 Å². The summed E-state index contributed by atoms with van der Waals surface area (Å²) >= 11 is 0. The molecule has 64 heavy (non-hydrogen) atoms. The highest BCUT2D eigenvalue weighted by atomic mass is 16.8. The van der Waals surface area contributed by atoms with Crippen molar-refractivity contribution in [1.82, 2.24) is 0 Å². The minimum atomic E-state index is -2.15. The summed E-state index contributed by atoms with van der Waals surface area (Å²) in [5.74, 6) is -2.64. The maximum atomic E-state index is 14.4. The molecule has 4 fully saturated rings. The number of aliphatic hydroxyl groups is 12. The van der Waals surface area contributed by atoms with E-state index >= 15 is 0 Å². The molecule has 2 aromatic carbocycles. The van der Waals surface area contributed by atoms with Crippen molar-refractivity contribution < 1.29 is 119 Å². The number of rotatable bonds is 12. The summed E-state index contributed by atoms with van der Waals surface area (Å²) in [5.41, 5.74) is -1.39. The van der Waals surface area contributed by atoms with E-state index in [1.165, 1.54) is 31.2 Å². The lowest BCUT2D eigenvalue weighted by Gasteiger charge is -2.50. The lowest BCUT2D eigenvalue weighted by Crippen LogP contribution is -2.68. The van der Waals surface area contributed by atoms with Crippen LogP contribution in [0.4, 0.5) is 0 Å². The van der Waals surface area contributed by atoms with Gasteiger partial charge in [-0.25, -0.2) is 0 Å². The van der Waals surface area contributed by atoms with Crippen LogP contribution in [-0.4, -0.2) is 219 Å². The van der Waals surface area contributed by atoms with Gasteiger partial charge in [0.15, 0.2) is 30.7 Å². The highest BCUT2D eigenvalue weighted by Gasteiger charge is 2.57. The molecule has 3 aromatic rings. The van der Waals surface area contributed by atoms with Crippen LogP contribution in [0.1, 0.15) is 6.92 Å². The number of hydrogen-bond donors (Lipinski definition) is 15. The van der Waals surface area contributed by atoms with Gasteiger partial charge in [-0.2, -0.15) is 0 Å². The van der Waals surface area contributed by atoms with E-state index in [0.717, 1.165) is 12.1 Å². The first-order valence-corrected chi connectivity index (χ1v) is 19.9. The van der Waals surface area contributed by atoms with Crippen LogP contribution < -0.4 is 10.2 Å². The molecule has 15 N–H and O–H groups in total. The largest absolute Gasteiger partial charge is 0.508 e. The molecule has 25 nitrogen and oxygen atoms in total. The van der Waals surface area contributed by atoms with Crippen LogP contribution in [0.5, 0.6) is 23.0 Å². The summed E-state index contributed by atoms with van der Waals surface area (Å²) in [5, 5.41) is 157. The van der Waals surface area contributed by atoms with Crippen molar-refractivity contribution in [2.75, 3.05) is 19.8 Å². The van der Waals surface area contributed by atoms with Crippen molar-refractivity contribution in [1.29, 1.82) is 0 Å². The van der Waals surface area contributed by atoms with Gasteiger partial charge in [-0.3, -0.25) is 4.79 Å². The molecule has 0 amide bonds. The second kappa shape index (κ2) is 19.5. The number of benzene rings is 2. The van der Waals surface area contributed by atoms with E-state index in [1.807, 2.05) is 0 Å². The van der Waals surface area contributed by atoms with E-state index in [0.29, 0.717) is 0 Å². The van der Waals surface area contributed by atoms with Crippen molar-refractivity contribution in [3.8, 4) is 34.3 Å². The average Bonchev–Trinajstić information content (AvgIpc) is 3.26. The number of hydrogen-bond acceptors (Lipinski definition) is 25. The molecule has 7 rings (SSSR count). The SMILES string of the molecule is C[C@@H]1O[C@@H](Oc2c(-c3ccc(O)cc3)oc3cc(O)cc(O)c3c2=O)[C@H](O[C@@H]2O[C@H](CO)[C@@H](O)[C@H](O)[C@H]2O)[C@H](O[C@@H]2O[C@H](CO)[C@@H](O)[C@H](O)[C@H]2O)[C@H]1O[C@@H]1O[C@H](CO)[C@@H](O)[C@H](O)[C@H]1O. The first-order chi connectivity index (χ1) is 30.4. The van der Waals surface area contributed by atoms with Crippen molar-refractivity contribution in [2.24, 2.45) is 0 Å². The van der Waals surface area contributed by atoms with Gasteiger partial charge in [0.2, 0.25) is 17.5 Å². The minimum Gasteiger partial charge on any atom is -0.508 e. The molecule has 25 heteroatoms. The van der Waals surface area contributed by atoms with Crippen LogP contribution in [0.2, 0.25) is 0 Å². The Kier molecular flexibility index (Phi) is 14.6. The predicted molar refractivity (Wildman–Crippen MR) is 204 cm³/mol. The topological polar surface area (TPSA) is 408 Å². The number of fused-ring (bicyclic) bond motifs is 1. The van der Waals surface area contributed by atoms with Crippen LogP contribution in [0.25, 0.3) is 22.3 Å². The minimum absolute atomic E-state index is 0.0582. The molecule has 1 aromatic heterocycles. The number of phenolic OH excluding ortho intramolecular Hbond substituents is 3. The van der Waals surface area contributed by atoms with Crippen LogP contribution in [-0.2, 0) is 33.2 Å². The van der Waals surface area contributed by atoms with Crippen LogP contribution in [0.3, 0.4) is 0 Å². The fourth-order valence-corrected chi connectivity index (χ4v) is 7.85. The van der Waals surface area contributed by atoms with E-state index in [4.69, 9.17) is 42.3 Å². The molecule has 5 heterocycles. The third kappa shape index (κ3) is 9.12. The Morgan fingerprint density at radius 2 is 0.984 bits per heavy atom. The van der Waals surface area contributed by atoms with Crippen LogP contribution in [0.15, 0.2) is 45.6 Å². The van der Waals surface area contributed by atoms with Gasteiger partial charge in [-0.15, -0.1) is 0 Å². The van der Waals surface area contributed by atoms with Crippen molar-refractivity contribution in [3.63, 3.8) is 0 Å². The first kappa shape index (κ1) is 48.0. The van der Waals surface area contributed by atoms with Gasteiger partial charge in [-0.1, -0.05) is 0 Å². The monoisotopic (exact) mass is 918 g/mol. The number of phenols is 3. The maximum absolute atomic E-state index is 14.4. The van der Waals surface area contributed by atoms with Crippen LogP contribution in [0, 0.1) is 0 Å². The summed E-state index contributed by atoms with van der Waals surface area (Å²) in [7, 11) is 0. The van der Waals surface area contributed by atoms with Crippen molar-refractivity contribution in [3.05, 3.63) is 46.6 Å². The second-order valence-electron chi connectivity index (χ2n) is 15.7. The maximum Gasteiger partial charge on any atom is 0.239 e. The Morgan fingerprint density at radius 3 is 1.45 bits per heavy atom. The van der Waals surface area contributed by atoms with Crippen molar-refractivity contribution in [2.45, 2.75) is 130 Å². The zero-order chi connectivity index (χ0) is 46.5. The third-order valence-corrected chi connectivity index (χ3v) is 11.4. The van der Waals surface area contributed by atoms with Gasteiger partial charge in [0.05, 0.1) is 25.9 Å². The highest BCUT2D eigenvalue weighted by molar-refractivity contribution is 5.88. The van der Waals surface area contributed by atoms with Gasteiger partial charge in [-0.05, 0) is 31.2 Å². The number of ether oxygens (including phenoxy) is 8. The normalized spacial score (nSPS) is 40.6. The summed E-state index contributed by atoms with van der Waals surface area (Å²) < 4.78 is 53.8. The molecule has 0 spiro atoms. The Labute approximate surface area is 360 Å². The molecular weight excluding hydrogens is 868 g/mol. The molecule has 4 saturated heterocycles. The smallest absolute Gasteiger partial charge is 0.239 e. The summed E-state index contributed by atoms with van der Waals surface area (Å²) in [6, 6.07) is 6.89. The van der Waals surface area contributed by atoms with Gasteiger partial charge in [0.1, 0.15) is 114 Å². The van der Waals surface area contributed by atoms with Gasteiger partial charge in [0, 0.05) is 17.7 Å². The van der Waals surface area contributed by atoms with E-state index < -0.39 is 176 Å². The second-order valence-corrected chi connectivity index (χ2v) is 15.7. The molecule has 356 valence electrons. The highest BCUT2D eigenvalue weighted by Crippen LogP contribution is 2.41. The van der Waals surface area contributed by atoms with Crippen molar-refractivity contribution >= 4 is 11.0 Å². The number of aromatic hydroxyl groups is 3. The molecule has 0 bridgehead atoms. The standard InChI is InChI=1S/C39H50O25/c1-11-31(61-36-28(53)25(50)21(46)17(8-40)58-36)34(63-37-29(54)26(51)22(47)18(9-41)59-37)35(64-38-30(55)27(52)23(48)19(10-42)60-38)39(56-11)62-33-24(49)20-15(45)6-14(44)7-16(20)57-32(33)12-2-4-13(43)5-3-12/h2-7,11,17-19,21-23,25-31,34-48,50-55H,8-10H2,1H3/t11-,17+,18+,19+,21+,22+,23+,25-,26-,27-,28+,29+,30+,31-,34+,35+,36-,37-,38-,39-/m0/s1. The van der Waals surface area contributed by atoms with Gasteiger partial charge in [0.25, 0.3) is 0 Å². The summed E-state index contributed by atoms with van der Waals surface area (Å²) in [6.45, 7) is -1.46. The Hall–Kier alpha value is -3.91. The fourth-order valence-electron chi connectivity index (χ4n) is 7.85. The predicted octanol–water partition coefficient (Wildman–Crippen LogP) is -5.74. The lowest BCUT2D eigenvalue weighted by atomic mass is 9.95. The molecule has 0 unspecified atom stereocenters. The molecule has 4 aliphatic heterocycles. The van der Waals surface area contributed by atoms with Gasteiger partial charge < -0.3 is 119 Å². The molecular formula is C39H50O25. The molecule has 4 aliphatic rings. The molecule has 0 saturated carbocycles. The zero-order valence-electron chi connectivity index (χ0n) is 33.4. The Morgan fingerprint density at radius 1 is 0.531 bits per heavy atom. The zero-order valence-corrected chi connectivity index (χ0v) is 33.4. The van der Waals surface area contributed by atoms with E-state index in [-0.39, 0.29) is 16.9 Å². The fraction of sp³-hybridized carbons (Fsp3) is 0.615. The van der Waals surface area contributed by atoms with Gasteiger partial charge >= 0.3 is 0 Å². The Bertz CT molecular complexity index is 2100. The quantitative estimate of drug-likeness (QED) is 0.0805. The van der Waals surface area contributed by atoms with E-state index in [1.54, 1.807) is 0 Å². The Balaban J connectivity index is 1.38. The number of aliphatic hydroxyl groups excluding tert-OH is 12. The summed E-state index contributed by atoms with van der Waals surface area (Å²) in [4.78, 5) is 14.4. The van der Waals surface area contributed by atoms with E-state index in [2.05, 4.69) is 0 Å².